The zero-order chi connectivity index (χ0) is 8.10. The van der Waals surface area contributed by atoms with Crippen LogP contribution in [0.15, 0.2) is 24.3 Å². The molecule has 0 aromatic heterocycles. The quantitative estimate of drug-likeness (QED) is 0.641. The van der Waals surface area contributed by atoms with E-state index < -0.39 is 0 Å². The van der Waals surface area contributed by atoms with Crippen molar-refractivity contribution in [3.63, 3.8) is 0 Å². The number of benzene rings is 1. The van der Waals surface area contributed by atoms with Crippen molar-refractivity contribution in [2.24, 2.45) is 0 Å². The van der Waals surface area contributed by atoms with Crippen LogP contribution in [0, 0.1) is 6.07 Å². The molecule has 0 amide bonds. The SMILES string of the molecule is CCOC(C)c1[c]cccc1. The second kappa shape index (κ2) is 4.14. The minimum absolute atomic E-state index is 0.168. The van der Waals surface area contributed by atoms with Gasteiger partial charge < -0.3 is 4.74 Å². The Labute approximate surface area is 68.0 Å². The maximum absolute atomic E-state index is 5.40. The summed E-state index contributed by atoms with van der Waals surface area (Å²) in [5.74, 6) is 0. The molecule has 1 atom stereocenters. The van der Waals surface area contributed by atoms with Gasteiger partial charge in [-0.1, -0.05) is 24.3 Å². The Balaban J connectivity index is 2.61. The highest BCUT2D eigenvalue weighted by atomic mass is 16.5. The summed E-state index contributed by atoms with van der Waals surface area (Å²) >= 11 is 0. The molecule has 1 radical (unpaired) electrons. The van der Waals surface area contributed by atoms with Gasteiger partial charge in [0, 0.05) is 6.61 Å². The number of hydrogen-bond donors (Lipinski definition) is 0. The van der Waals surface area contributed by atoms with Crippen LogP contribution in [0.4, 0.5) is 0 Å². The predicted octanol–water partition coefficient (Wildman–Crippen LogP) is 2.58. The first-order valence-electron chi connectivity index (χ1n) is 3.92. The third kappa shape index (κ3) is 2.35. The van der Waals surface area contributed by atoms with E-state index >= 15 is 0 Å². The van der Waals surface area contributed by atoms with Crippen LogP contribution in [0.1, 0.15) is 25.5 Å². The monoisotopic (exact) mass is 149 g/mol. The summed E-state index contributed by atoms with van der Waals surface area (Å²) in [5.41, 5.74) is 1.12. The van der Waals surface area contributed by atoms with Crippen LogP contribution in [-0.4, -0.2) is 6.61 Å². The second-order valence-electron chi connectivity index (χ2n) is 2.42. The van der Waals surface area contributed by atoms with Crippen molar-refractivity contribution < 1.29 is 4.74 Å². The maximum Gasteiger partial charge on any atom is 0.0802 e. The first-order chi connectivity index (χ1) is 5.34. The van der Waals surface area contributed by atoms with Crippen LogP contribution in [0.5, 0.6) is 0 Å². The summed E-state index contributed by atoms with van der Waals surface area (Å²) in [6.45, 7) is 4.79. The van der Waals surface area contributed by atoms with Crippen molar-refractivity contribution in [3.05, 3.63) is 35.9 Å². The molecule has 0 saturated carbocycles. The molecule has 0 aliphatic rings. The molecule has 0 fully saturated rings. The lowest BCUT2D eigenvalue weighted by atomic mass is 10.1. The molecule has 0 N–H and O–H groups in total. The Bertz CT molecular complexity index is 193. The summed E-state index contributed by atoms with van der Waals surface area (Å²) in [6.07, 6.45) is 0.168. The Morgan fingerprint density at radius 1 is 1.55 bits per heavy atom. The lowest BCUT2D eigenvalue weighted by Gasteiger charge is -2.10. The van der Waals surface area contributed by atoms with Gasteiger partial charge in [-0.25, -0.2) is 0 Å². The van der Waals surface area contributed by atoms with Gasteiger partial charge in [-0.3, -0.25) is 0 Å². The Morgan fingerprint density at radius 3 is 2.91 bits per heavy atom. The smallest absolute Gasteiger partial charge is 0.0802 e. The van der Waals surface area contributed by atoms with Gasteiger partial charge in [-0.2, -0.15) is 0 Å². The van der Waals surface area contributed by atoms with Gasteiger partial charge in [-0.15, -0.1) is 0 Å². The maximum atomic E-state index is 5.40. The molecular formula is C10H13O. The van der Waals surface area contributed by atoms with Gasteiger partial charge in [0.2, 0.25) is 0 Å². The fraction of sp³-hybridized carbons (Fsp3) is 0.400. The van der Waals surface area contributed by atoms with E-state index in [0.717, 1.165) is 12.2 Å². The van der Waals surface area contributed by atoms with E-state index in [1.165, 1.54) is 0 Å². The molecule has 0 aliphatic heterocycles. The van der Waals surface area contributed by atoms with Crippen molar-refractivity contribution in [3.8, 4) is 0 Å². The van der Waals surface area contributed by atoms with Crippen LogP contribution >= 0.6 is 0 Å². The summed E-state index contributed by atoms with van der Waals surface area (Å²) in [4.78, 5) is 0. The van der Waals surface area contributed by atoms with Crippen LogP contribution in [0.2, 0.25) is 0 Å². The van der Waals surface area contributed by atoms with Crippen molar-refractivity contribution >= 4 is 0 Å². The first-order valence-corrected chi connectivity index (χ1v) is 3.92. The molecule has 1 aromatic carbocycles. The second-order valence-corrected chi connectivity index (χ2v) is 2.42. The predicted molar refractivity (Wildman–Crippen MR) is 45.3 cm³/mol. The van der Waals surface area contributed by atoms with Crippen LogP contribution in [0.3, 0.4) is 0 Å². The third-order valence-electron chi connectivity index (χ3n) is 1.59. The lowest BCUT2D eigenvalue weighted by molar-refractivity contribution is 0.0762. The standard InChI is InChI=1S/C10H13O/c1-3-11-9(2)10-7-5-4-6-8-10/h4-7,9H,3H2,1-2H3. The molecule has 1 rings (SSSR count). The Morgan fingerprint density at radius 2 is 2.36 bits per heavy atom. The molecule has 59 valence electrons. The summed E-state index contributed by atoms with van der Waals surface area (Å²) in [5, 5.41) is 0. The Hall–Kier alpha value is -0.820. The highest BCUT2D eigenvalue weighted by Crippen LogP contribution is 2.14. The number of rotatable bonds is 3. The van der Waals surface area contributed by atoms with Gasteiger partial charge in [0.25, 0.3) is 0 Å². The summed E-state index contributed by atoms with van der Waals surface area (Å²) < 4.78 is 5.40. The van der Waals surface area contributed by atoms with Gasteiger partial charge >= 0.3 is 0 Å². The minimum Gasteiger partial charge on any atom is -0.374 e. The van der Waals surface area contributed by atoms with Crippen molar-refractivity contribution in [2.45, 2.75) is 20.0 Å². The average Bonchev–Trinajstić information content (AvgIpc) is 2.07. The van der Waals surface area contributed by atoms with E-state index in [9.17, 15) is 0 Å². The Kier molecular flexibility index (Phi) is 3.12. The third-order valence-corrected chi connectivity index (χ3v) is 1.59. The van der Waals surface area contributed by atoms with Crippen molar-refractivity contribution in [1.29, 1.82) is 0 Å². The van der Waals surface area contributed by atoms with E-state index in [-0.39, 0.29) is 6.10 Å². The van der Waals surface area contributed by atoms with Crippen LogP contribution < -0.4 is 0 Å². The fourth-order valence-corrected chi connectivity index (χ4v) is 1.000. The summed E-state index contributed by atoms with van der Waals surface area (Å²) in [6, 6.07) is 11.0. The van der Waals surface area contributed by atoms with Gasteiger partial charge in [-0.05, 0) is 25.5 Å². The van der Waals surface area contributed by atoms with Crippen molar-refractivity contribution in [1.82, 2.24) is 0 Å². The largest absolute Gasteiger partial charge is 0.374 e. The van der Waals surface area contributed by atoms with E-state index in [0.29, 0.717) is 0 Å². The molecule has 0 saturated heterocycles. The lowest BCUT2D eigenvalue weighted by Crippen LogP contribution is -1.98. The van der Waals surface area contributed by atoms with Crippen LogP contribution in [0.25, 0.3) is 0 Å². The molecule has 11 heavy (non-hydrogen) atoms. The highest BCUT2D eigenvalue weighted by molar-refractivity contribution is 5.15. The van der Waals surface area contributed by atoms with Crippen LogP contribution in [-0.2, 0) is 4.74 Å². The van der Waals surface area contributed by atoms with E-state index in [1.807, 2.05) is 38.1 Å². The zero-order valence-electron chi connectivity index (χ0n) is 7.00. The molecular weight excluding hydrogens is 136 g/mol. The molecule has 0 aliphatic carbocycles. The average molecular weight is 149 g/mol. The molecule has 0 heterocycles. The number of hydrogen-bond acceptors (Lipinski definition) is 1. The first kappa shape index (κ1) is 8.28. The molecule has 0 bridgehead atoms. The highest BCUT2D eigenvalue weighted by Gasteiger charge is 2.01. The minimum atomic E-state index is 0.168. The van der Waals surface area contributed by atoms with E-state index in [4.69, 9.17) is 4.74 Å². The fourth-order valence-electron chi connectivity index (χ4n) is 1.000. The van der Waals surface area contributed by atoms with Crippen molar-refractivity contribution in [2.75, 3.05) is 6.61 Å². The normalized spacial score (nSPS) is 12.9. The topological polar surface area (TPSA) is 9.23 Å². The number of ether oxygens (including phenoxy) is 1. The van der Waals surface area contributed by atoms with Gasteiger partial charge in [0.1, 0.15) is 0 Å². The van der Waals surface area contributed by atoms with Gasteiger partial charge in [0.05, 0.1) is 6.10 Å². The van der Waals surface area contributed by atoms with E-state index in [1.54, 1.807) is 0 Å². The van der Waals surface area contributed by atoms with E-state index in [2.05, 4.69) is 6.07 Å². The summed E-state index contributed by atoms with van der Waals surface area (Å²) in [7, 11) is 0. The molecule has 1 nitrogen and oxygen atoms in total. The molecule has 0 spiro atoms. The molecule has 1 aromatic rings. The molecule has 1 heteroatoms. The van der Waals surface area contributed by atoms with Gasteiger partial charge in [0.15, 0.2) is 0 Å². The zero-order valence-corrected chi connectivity index (χ0v) is 7.00. The molecule has 1 unspecified atom stereocenters.